The molecule has 0 amide bonds. The molecule has 0 fully saturated rings. The van der Waals surface area contributed by atoms with E-state index in [4.69, 9.17) is 18.0 Å². The minimum Gasteiger partial charge on any atom is -0.389 e. The number of halogens is 1. The third kappa shape index (κ3) is 3.53. The molecule has 1 aromatic carbocycles. The zero-order valence-electron chi connectivity index (χ0n) is 11.8. The lowest BCUT2D eigenvalue weighted by Gasteiger charge is -2.25. The third-order valence-electron chi connectivity index (χ3n) is 2.83. The molecule has 0 unspecified atom stereocenters. The molecule has 0 aromatic heterocycles. The molecule has 112 valence electrons. The smallest absolute Gasteiger partial charge is 0.243 e. The first-order valence-corrected chi connectivity index (χ1v) is 8.17. The Bertz CT molecular complexity index is 600. The van der Waals surface area contributed by atoms with Crippen molar-refractivity contribution in [1.29, 1.82) is 0 Å². The van der Waals surface area contributed by atoms with Crippen LogP contribution >= 0.6 is 12.2 Å². The van der Waals surface area contributed by atoms with Gasteiger partial charge in [-0.05, 0) is 38.5 Å². The monoisotopic (exact) mass is 318 g/mol. The molecule has 1 aromatic rings. The van der Waals surface area contributed by atoms with Gasteiger partial charge in [0.1, 0.15) is 10.8 Å². The highest BCUT2D eigenvalue weighted by Gasteiger charge is 2.27. The zero-order valence-corrected chi connectivity index (χ0v) is 13.4. The number of rotatable bonds is 6. The molecule has 4 nitrogen and oxygen atoms in total. The van der Waals surface area contributed by atoms with Gasteiger partial charge in [-0.15, -0.1) is 0 Å². The van der Waals surface area contributed by atoms with Crippen LogP contribution < -0.4 is 5.73 Å². The summed E-state index contributed by atoms with van der Waals surface area (Å²) in [6.07, 6.45) is 0.695. The molecular weight excluding hydrogens is 299 g/mol. The molecule has 20 heavy (non-hydrogen) atoms. The Morgan fingerprint density at radius 3 is 2.50 bits per heavy atom. The van der Waals surface area contributed by atoms with Crippen LogP contribution in [0.1, 0.15) is 32.8 Å². The number of thiocarbonyl (C=S) groups is 1. The minimum atomic E-state index is -3.68. The van der Waals surface area contributed by atoms with Gasteiger partial charge in [0.2, 0.25) is 10.0 Å². The maximum absolute atomic E-state index is 13.5. The SMILES string of the molecule is CCCN(C(C)C)S(=O)(=O)c1ccc(F)c(C(N)=S)c1. The van der Waals surface area contributed by atoms with E-state index in [2.05, 4.69) is 0 Å². The summed E-state index contributed by atoms with van der Waals surface area (Å²) >= 11 is 4.73. The summed E-state index contributed by atoms with van der Waals surface area (Å²) in [5.41, 5.74) is 5.35. The Hall–Kier alpha value is -1.05. The molecule has 0 spiro atoms. The van der Waals surface area contributed by atoms with Crippen molar-refractivity contribution in [2.24, 2.45) is 5.73 Å². The van der Waals surface area contributed by atoms with Crippen LogP contribution in [-0.2, 0) is 10.0 Å². The van der Waals surface area contributed by atoms with Gasteiger partial charge in [-0.25, -0.2) is 12.8 Å². The van der Waals surface area contributed by atoms with Gasteiger partial charge in [-0.3, -0.25) is 0 Å². The summed E-state index contributed by atoms with van der Waals surface area (Å²) in [4.78, 5) is -0.157. The van der Waals surface area contributed by atoms with Gasteiger partial charge < -0.3 is 5.73 Å². The fourth-order valence-corrected chi connectivity index (χ4v) is 3.78. The Morgan fingerprint density at radius 2 is 2.05 bits per heavy atom. The Balaban J connectivity index is 3.34. The topological polar surface area (TPSA) is 63.4 Å². The van der Waals surface area contributed by atoms with Crippen LogP contribution in [0.2, 0.25) is 0 Å². The van der Waals surface area contributed by atoms with Crippen molar-refractivity contribution in [2.45, 2.75) is 38.1 Å². The van der Waals surface area contributed by atoms with E-state index in [0.29, 0.717) is 13.0 Å². The number of hydrogen-bond acceptors (Lipinski definition) is 3. The predicted octanol–water partition coefficient (Wildman–Crippen LogP) is 2.27. The van der Waals surface area contributed by atoms with Gasteiger partial charge in [-0.1, -0.05) is 19.1 Å². The third-order valence-corrected chi connectivity index (χ3v) is 5.12. The summed E-state index contributed by atoms with van der Waals surface area (Å²) in [6, 6.07) is 3.32. The predicted molar refractivity (Wildman–Crippen MR) is 81.6 cm³/mol. The average molecular weight is 318 g/mol. The molecule has 0 saturated heterocycles. The highest BCUT2D eigenvalue weighted by Crippen LogP contribution is 2.21. The van der Waals surface area contributed by atoms with Gasteiger partial charge in [0.15, 0.2) is 0 Å². The van der Waals surface area contributed by atoms with Crippen molar-refractivity contribution in [1.82, 2.24) is 4.31 Å². The van der Waals surface area contributed by atoms with Crippen molar-refractivity contribution in [3.8, 4) is 0 Å². The lowest BCUT2D eigenvalue weighted by atomic mass is 10.2. The van der Waals surface area contributed by atoms with Crippen molar-refractivity contribution in [3.63, 3.8) is 0 Å². The molecule has 0 radical (unpaired) electrons. The second kappa shape index (κ2) is 6.60. The molecule has 0 bridgehead atoms. The normalized spacial score (nSPS) is 12.1. The molecule has 0 heterocycles. The van der Waals surface area contributed by atoms with E-state index in [1.165, 1.54) is 16.4 Å². The zero-order chi connectivity index (χ0) is 15.5. The largest absolute Gasteiger partial charge is 0.389 e. The molecular formula is C13H19FN2O2S2. The summed E-state index contributed by atoms with van der Waals surface area (Å²) in [5.74, 6) is -0.622. The van der Waals surface area contributed by atoms with E-state index in [1.807, 2.05) is 6.92 Å². The second-order valence-corrected chi connectivity index (χ2v) is 7.05. The van der Waals surface area contributed by atoms with Crippen LogP contribution in [0.3, 0.4) is 0 Å². The summed E-state index contributed by atoms with van der Waals surface area (Å²) in [5, 5.41) is 0. The first-order chi connectivity index (χ1) is 9.21. The molecule has 0 aliphatic heterocycles. The molecule has 0 aliphatic carbocycles. The average Bonchev–Trinajstić information content (AvgIpc) is 2.35. The minimum absolute atomic E-state index is 0.00356. The van der Waals surface area contributed by atoms with Crippen molar-refractivity contribution < 1.29 is 12.8 Å². The van der Waals surface area contributed by atoms with Gasteiger partial charge in [0, 0.05) is 18.2 Å². The van der Waals surface area contributed by atoms with E-state index in [1.54, 1.807) is 13.8 Å². The molecule has 1 rings (SSSR count). The van der Waals surface area contributed by atoms with E-state index >= 15 is 0 Å². The lowest BCUT2D eigenvalue weighted by Crippen LogP contribution is -2.37. The maximum Gasteiger partial charge on any atom is 0.243 e. The quantitative estimate of drug-likeness (QED) is 0.817. The van der Waals surface area contributed by atoms with Crippen molar-refractivity contribution in [2.75, 3.05) is 6.54 Å². The number of sulfonamides is 1. The molecule has 7 heteroatoms. The maximum atomic E-state index is 13.5. The number of nitrogens with zero attached hydrogens (tertiary/aromatic N) is 1. The first-order valence-electron chi connectivity index (χ1n) is 6.33. The number of nitrogens with two attached hydrogens (primary N) is 1. The van der Waals surface area contributed by atoms with Crippen LogP contribution in [-0.4, -0.2) is 30.3 Å². The lowest BCUT2D eigenvalue weighted by molar-refractivity contribution is 0.354. The van der Waals surface area contributed by atoms with Gasteiger partial charge in [0.05, 0.1) is 4.90 Å². The molecule has 2 N–H and O–H groups in total. The van der Waals surface area contributed by atoms with Crippen LogP contribution in [0.15, 0.2) is 23.1 Å². The van der Waals surface area contributed by atoms with Crippen molar-refractivity contribution >= 4 is 27.2 Å². The van der Waals surface area contributed by atoms with Gasteiger partial charge >= 0.3 is 0 Å². The Morgan fingerprint density at radius 1 is 1.45 bits per heavy atom. The number of benzene rings is 1. The standard InChI is InChI=1S/C13H19FN2O2S2/c1-4-7-16(9(2)3)20(17,18)10-5-6-12(14)11(8-10)13(15)19/h5-6,8-9H,4,7H2,1-3H3,(H2,15,19). The fourth-order valence-electron chi connectivity index (χ4n) is 1.87. The van der Waals surface area contributed by atoms with Crippen molar-refractivity contribution in [3.05, 3.63) is 29.6 Å². The van der Waals surface area contributed by atoms with Gasteiger partial charge in [-0.2, -0.15) is 4.31 Å². The van der Waals surface area contributed by atoms with Crippen LogP contribution in [0, 0.1) is 5.82 Å². The fraction of sp³-hybridized carbons (Fsp3) is 0.462. The Kier molecular flexibility index (Phi) is 5.61. The van der Waals surface area contributed by atoms with Crippen LogP contribution in [0.5, 0.6) is 0 Å². The second-order valence-electron chi connectivity index (χ2n) is 4.72. The summed E-state index contributed by atoms with van der Waals surface area (Å²) in [7, 11) is -3.68. The Labute approximate surface area is 124 Å². The van der Waals surface area contributed by atoms with E-state index < -0.39 is 15.8 Å². The van der Waals surface area contributed by atoms with Crippen LogP contribution in [0.25, 0.3) is 0 Å². The van der Waals surface area contributed by atoms with Crippen LogP contribution in [0.4, 0.5) is 4.39 Å². The van der Waals surface area contributed by atoms with Gasteiger partial charge in [0.25, 0.3) is 0 Å². The van der Waals surface area contributed by atoms with E-state index in [-0.39, 0.29) is 21.5 Å². The highest BCUT2D eigenvalue weighted by molar-refractivity contribution is 7.89. The molecule has 0 saturated carbocycles. The number of hydrogen-bond donors (Lipinski definition) is 1. The molecule has 0 atom stereocenters. The van der Waals surface area contributed by atoms with E-state index in [0.717, 1.165) is 6.07 Å². The first kappa shape index (κ1) is 17.0. The van der Waals surface area contributed by atoms with E-state index in [9.17, 15) is 12.8 Å². The molecule has 0 aliphatic rings. The highest BCUT2D eigenvalue weighted by atomic mass is 32.2. The summed E-state index contributed by atoms with van der Waals surface area (Å²) < 4.78 is 40.1. The summed E-state index contributed by atoms with van der Waals surface area (Å²) in [6.45, 7) is 5.90.